The van der Waals surface area contributed by atoms with Crippen molar-refractivity contribution in [2.24, 2.45) is 0 Å². The molecular formula is C10H14N2O4. The molecule has 0 aromatic rings. The number of rotatable bonds is 2. The fourth-order valence-corrected chi connectivity index (χ4v) is 2.29. The van der Waals surface area contributed by atoms with E-state index in [4.69, 9.17) is 5.11 Å². The molecule has 6 heteroatoms. The van der Waals surface area contributed by atoms with Gasteiger partial charge in [0.25, 0.3) is 0 Å². The molecule has 16 heavy (non-hydrogen) atoms. The van der Waals surface area contributed by atoms with Gasteiger partial charge >= 0.3 is 5.97 Å². The number of nitrogens with zero attached hydrogens (tertiary/aromatic N) is 1. The van der Waals surface area contributed by atoms with Crippen molar-refractivity contribution < 1.29 is 19.5 Å². The number of carboxylic acids is 1. The molecule has 2 rings (SSSR count). The summed E-state index contributed by atoms with van der Waals surface area (Å²) >= 11 is 0. The lowest BCUT2D eigenvalue weighted by atomic mass is 10.1. The number of aliphatic carboxylic acids is 1. The third kappa shape index (κ3) is 1.87. The Balaban J connectivity index is 2.03. The van der Waals surface area contributed by atoms with Gasteiger partial charge in [-0.15, -0.1) is 0 Å². The smallest absolute Gasteiger partial charge is 0.326 e. The van der Waals surface area contributed by atoms with Crippen LogP contribution in [0.1, 0.15) is 25.7 Å². The van der Waals surface area contributed by atoms with Crippen molar-refractivity contribution in [2.75, 3.05) is 6.54 Å². The molecule has 0 aliphatic carbocycles. The summed E-state index contributed by atoms with van der Waals surface area (Å²) in [5.74, 6) is -1.35. The summed E-state index contributed by atoms with van der Waals surface area (Å²) in [6, 6.07) is -1.24. The number of hydrogen-bond acceptors (Lipinski definition) is 3. The second-order valence-corrected chi connectivity index (χ2v) is 4.19. The lowest BCUT2D eigenvalue weighted by molar-refractivity contribution is -0.149. The van der Waals surface area contributed by atoms with Crippen molar-refractivity contribution in [3.05, 3.63) is 0 Å². The van der Waals surface area contributed by atoms with E-state index in [1.165, 1.54) is 4.90 Å². The summed E-state index contributed by atoms with van der Waals surface area (Å²) in [6.07, 6.45) is 2.04. The topological polar surface area (TPSA) is 86.7 Å². The number of nitrogens with one attached hydrogen (secondary N) is 1. The number of carbonyl (C=O) groups is 3. The van der Waals surface area contributed by atoms with Gasteiger partial charge in [-0.1, -0.05) is 0 Å². The van der Waals surface area contributed by atoms with E-state index in [9.17, 15) is 14.4 Å². The molecular weight excluding hydrogens is 212 g/mol. The predicted molar refractivity (Wildman–Crippen MR) is 53.5 cm³/mol. The monoisotopic (exact) mass is 226 g/mol. The first-order valence-corrected chi connectivity index (χ1v) is 5.42. The predicted octanol–water partition coefficient (Wildman–Crippen LogP) is -0.659. The van der Waals surface area contributed by atoms with Crippen molar-refractivity contribution >= 4 is 17.8 Å². The second kappa shape index (κ2) is 4.11. The van der Waals surface area contributed by atoms with Gasteiger partial charge < -0.3 is 15.3 Å². The first-order valence-electron chi connectivity index (χ1n) is 5.42. The van der Waals surface area contributed by atoms with E-state index in [2.05, 4.69) is 5.32 Å². The van der Waals surface area contributed by atoms with Gasteiger partial charge in [-0.25, -0.2) is 4.79 Å². The maximum atomic E-state index is 12.0. The maximum absolute atomic E-state index is 12.0. The number of amides is 2. The van der Waals surface area contributed by atoms with Crippen LogP contribution in [-0.4, -0.2) is 46.4 Å². The van der Waals surface area contributed by atoms with E-state index in [0.29, 0.717) is 32.2 Å². The second-order valence-electron chi connectivity index (χ2n) is 4.19. The molecule has 0 spiro atoms. The Morgan fingerprint density at radius 3 is 2.69 bits per heavy atom. The van der Waals surface area contributed by atoms with Gasteiger partial charge in [-0.3, -0.25) is 9.59 Å². The van der Waals surface area contributed by atoms with Crippen LogP contribution in [0.2, 0.25) is 0 Å². The minimum absolute atomic E-state index is 0.135. The van der Waals surface area contributed by atoms with Gasteiger partial charge in [0.2, 0.25) is 11.8 Å². The molecule has 2 saturated heterocycles. The Morgan fingerprint density at radius 2 is 2.12 bits per heavy atom. The third-order valence-electron chi connectivity index (χ3n) is 3.11. The maximum Gasteiger partial charge on any atom is 0.326 e. The zero-order valence-electron chi connectivity index (χ0n) is 8.81. The highest BCUT2D eigenvalue weighted by Crippen LogP contribution is 2.20. The Hall–Kier alpha value is -1.59. The van der Waals surface area contributed by atoms with Gasteiger partial charge in [0.1, 0.15) is 12.1 Å². The number of hydrogen-bond donors (Lipinski definition) is 2. The molecule has 0 aromatic carbocycles. The quantitative estimate of drug-likeness (QED) is 0.654. The van der Waals surface area contributed by atoms with E-state index >= 15 is 0 Å². The third-order valence-corrected chi connectivity index (χ3v) is 3.11. The average Bonchev–Trinajstić information content (AvgIpc) is 2.84. The van der Waals surface area contributed by atoms with Crippen molar-refractivity contribution in [2.45, 2.75) is 37.8 Å². The molecule has 2 N–H and O–H groups in total. The van der Waals surface area contributed by atoms with Crippen LogP contribution in [0, 0.1) is 0 Å². The molecule has 2 amide bonds. The minimum atomic E-state index is -0.963. The standard InChI is InChI=1S/C10H14N2O4/c13-8-4-3-6(11-8)9(14)12-5-1-2-7(12)10(15)16/h6-7H,1-5H2,(H,11,13)(H,15,16)/t6?,7-/m1/s1. The van der Waals surface area contributed by atoms with Crippen LogP contribution < -0.4 is 5.32 Å². The molecule has 6 nitrogen and oxygen atoms in total. The first kappa shape index (κ1) is 10.9. The average molecular weight is 226 g/mol. The lowest BCUT2D eigenvalue weighted by Crippen LogP contribution is -2.48. The van der Waals surface area contributed by atoms with Crippen molar-refractivity contribution in [3.63, 3.8) is 0 Å². The zero-order valence-corrected chi connectivity index (χ0v) is 8.81. The minimum Gasteiger partial charge on any atom is -0.480 e. The van der Waals surface area contributed by atoms with Gasteiger partial charge in [-0.2, -0.15) is 0 Å². The fraction of sp³-hybridized carbons (Fsp3) is 0.700. The molecule has 0 aromatic heterocycles. The van der Waals surface area contributed by atoms with Crippen molar-refractivity contribution in [3.8, 4) is 0 Å². The molecule has 0 saturated carbocycles. The molecule has 1 unspecified atom stereocenters. The van der Waals surface area contributed by atoms with Gasteiger partial charge in [0.15, 0.2) is 0 Å². The van der Waals surface area contributed by atoms with Crippen molar-refractivity contribution in [1.29, 1.82) is 0 Å². The summed E-state index contributed by atoms with van der Waals surface area (Å²) in [4.78, 5) is 35.2. The molecule has 0 bridgehead atoms. The Kier molecular flexibility index (Phi) is 2.80. The van der Waals surface area contributed by atoms with Crippen LogP contribution in [0.15, 0.2) is 0 Å². The van der Waals surface area contributed by atoms with Crippen LogP contribution in [0.3, 0.4) is 0 Å². The lowest BCUT2D eigenvalue weighted by Gasteiger charge is -2.24. The SMILES string of the molecule is O=C1CCC(C(=O)N2CCC[C@@H]2C(=O)O)N1. The first-order chi connectivity index (χ1) is 7.59. The van der Waals surface area contributed by atoms with Gasteiger partial charge in [0.05, 0.1) is 0 Å². The Labute approximate surface area is 92.6 Å². The van der Waals surface area contributed by atoms with Gasteiger partial charge in [0, 0.05) is 13.0 Å². The van der Waals surface area contributed by atoms with E-state index in [1.54, 1.807) is 0 Å². The van der Waals surface area contributed by atoms with Crippen LogP contribution in [0.5, 0.6) is 0 Å². The van der Waals surface area contributed by atoms with Crippen LogP contribution in [0.25, 0.3) is 0 Å². The molecule has 2 aliphatic heterocycles. The fourth-order valence-electron chi connectivity index (χ4n) is 2.29. The highest BCUT2D eigenvalue weighted by molar-refractivity contribution is 5.93. The summed E-state index contributed by atoms with van der Waals surface area (Å²) in [7, 11) is 0. The Bertz CT molecular complexity index is 342. The van der Waals surface area contributed by atoms with Crippen molar-refractivity contribution in [1.82, 2.24) is 10.2 Å². The van der Waals surface area contributed by atoms with E-state index in [-0.39, 0.29) is 11.8 Å². The highest BCUT2D eigenvalue weighted by atomic mass is 16.4. The number of likely N-dealkylation sites (tertiary alicyclic amines) is 1. The van der Waals surface area contributed by atoms with Crippen LogP contribution in [-0.2, 0) is 14.4 Å². The van der Waals surface area contributed by atoms with E-state index in [1.807, 2.05) is 0 Å². The largest absolute Gasteiger partial charge is 0.480 e. The molecule has 88 valence electrons. The van der Waals surface area contributed by atoms with E-state index < -0.39 is 18.1 Å². The molecule has 2 fully saturated rings. The molecule has 2 heterocycles. The van der Waals surface area contributed by atoms with Crippen LogP contribution in [0.4, 0.5) is 0 Å². The molecule has 0 radical (unpaired) electrons. The number of carboxylic acid groups (broad SMARTS) is 1. The zero-order chi connectivity index (χ0) is 11.7. The summed E-state index contributed by atoms with van der Waals surface area (Å²) in [6.45, 7) is 0.474. The highest BCUT2D eigenvalue weighted by Gasteiger charge is 2.39. The Morgan fingerprint density at radius 1 is 1.38 bits per heavy atom. The van der Waals surface area contributed by atoms with Crippen LogP contribution >= 0.6 is 0 Å². The summed E-state index contributed by atoms with van der Waals surface area (Å²) in [5.41, 5.74) is 0. The van der Waals surface area contributed by atoms with Gasteiger partial charge in [-0.05, 0) is 19.3 Å². The summed E-state index contributed by atoms with van der Waals surface area (Å²) < 4.78 is 0. The van der Waals surface area contributed by atoms with E-state index in [0.717, 1.165) is 0 Å². The number of carbonyl (C=O) groups excluding carboxylic acids is 2. The molecule has 2 atom stereocenters. The molecule has 2 aliphatic rings. The summed E-state index contributed by atoms with van der Waals surface area (Å²) in [5, 5.41) is 11.5. The normalized spacial score (nSPS) is 29.2.